The van der Waals surface area contributed by atoms with Crippen molar-refractivity contribution < 1.29 is 14.0 Å². The van der Waals surface area contributed by atoms with Crippen molar-refractivity contribution in [2.24, 2.45) is 4.99 Å². The molecule has 0 spiro atoms. The van der Waals surface area contributed by atoms with Crippen LogP contribution in [0.15, 0.2) is 53.5 Å². The first-order valence-electron chi connectivity index (χ1n) is 9.89. The molecule has 0 aliphatic carbocycles. The predicted octanol–water partition coefficient (Wildman–Crippen LogP) is 1.92. The average Bonchev–Trinajstić information content (AvgIpc) is 2.77. The smallest absolute Gasteiger partial charge is 0.254 e. The number of guanidine groups is 1. The largest absolute Gasteiger partial charge is 0.356 e. The molecule has 0 atom stereocenters. The third kappa shape index (κ3) is 7.50. The second-order valence-electron chi connectivity index (χ2n) is 7.00. The summed E-state index contributed by atoms with van der Waals surface area (Å²) in [5.41, 5.74) is 2.62. The van der Waals surface area contributed by atoms with Gasteiger partial charge in [-0.05, 0) is 41.8 Å². The van der Waals surface area contributed by atoms with E-state index in [2.05, 4.69) is 20.9 Å². The van der Waals surface area contributed by atoms with Gasteiger partial charge in [-0.1, -0.05) is 24.3 Å². The fourth-order valence-electron chi connectivity index (χ4n) is 3.14. The third-order valence-electron chi connectivity index (χ3n) is 4.83. The zero-order valence-electron chi connectivity index (χ0n) is 17.4. The van der Waals surface area contributed by atoms with E-state index in [4.69, 9.17) is 0 Å². The first-order valence-corrected chi connectivity index (χ1v) is 9.89. The first kappa shape index (κ1) is 24.6. The maximum Gasteiger partial charge on any atom is 0.254 e. The maximum absolute atomic E-state index is 13.0. The lowest BCUT2D eigenvalue weighted by atomic mass is 10.1. The first-order chi connectivity index (χ1) is 14.5. The van der Waals surface area contributed by atoms with Crippen molar-refractivity contribution in [2.45, 2.75) is 13.0 Å². The van der Waals surface area contributed by atoms with Crippen molar-refractivity contribution >= 4 is 41.8 Å². The highest BCUT2D eigenvalue weighted by Gasteiger charge is 2.22. The van der Waals surface area contributed by atoms with E-state index in [9.17, 15) is 14.0 Å². The number of hydrogen-bond donors (Lipinski definition) is 3. The third-order valence-corrected chi connectivity index (χ3v) is 4.83. The molecule has 0 saturated carbocycles. The van der Waals surface area contributed by atoms with Gasteiger partial charge in [-0.15, -0.1) is 24.0 Å². The highest BCUT2D eigenvalue weighted by molar-refractivity contribution is 14.0. The van der Waals surface area contributed by atoms with Crippen LogP contribution in [0.1, 0.15) is 21.5 Å². The molecular formula is C22H27FIN5O2. The molecule has 0 bridgehead atoms. The lowest BCUT2D eigenvalue weighted by Gasteiger charge is -2.26. The van der Waals surface area contributed by atoms with Gasteiger partial charge in [0.2, 0.25) is 5.91 Å². The van der Waals surface area contributed by atoms with Crippen LogP contribution in [0.4, 0.5) is 4.39 Å². The number of amides is 2. The van der Waals surface area contributed by atoms with Crippen LogP contribution in [0, 0.1) is 5.82 Å². The van der Waals surface area contributed by atoms with E-state index in [0.717, 1.165) is 17.5 Å². The molecule has 0 aromatic heterocycles. The number of aliphatic imine (C=N–C) groups is 1. The Bertz CT molecular complexity index is 903. The Kier molecular flexibility index (Phi) is 9.70. The summed E-state index contributed by atoms with van der Waals surface area (Å²) in [6.07, 6.45) is 0.756. The highest BCUT2D eigenvalue weighted by Crippen LogP contribution is 2.09. The summed E-state index contributed by atoms with van der Waals surface area (Å²) in [5, 5.41) is 9.17. The molecule has 1 aliphatic rings. The monoisotopic (exact) mass is 539 g/mol. The maximum atomic E-state index is 13.0. The molecule has 1 saturated heterocycles. The SMILES string of the molecule is CN=C(NCCc1ccc(F)cc1)NCc1ccc(C(=O)N2CCNC(=O)C2)cc1.I. The van der Waals surface area contributed by atoms with Crippen LogP contribution < -0.4 is 16.0 Å². The minimum absolute atomic E-state index is 0. The van der Waals surface area contributed by atoms with Gasteiger partial charge in [-0.3, -0.25) is 14.6 Å². The van der Waals surface area contributed by atoms with Gasteiger partial charge >= 0.3 is 0 Å². The van der Waals surface area contributed by atoms with Gasteiger partial charge < -0.3 is 20.9 Å². The number of nitrogens with one attached hydrogen (secondary N) is 3. The number of nitrogens with zero attached hydrogens (tertiary/aromatic N) is 2. The minimum Gasteiger partial charge on any atom is -0.356 e. The average molecular weight is 539 g/mol. The lowest BCUT2D eigenvalue weighted by molar-refractivity contribution is -0.123. The molecule has 166 valence electrons. The summed E-state index contributed by atoms with van der Waals surface area (Å²) in [7, 11) is 1.70. The van der Waals surface area contributed by atoms with Crippen molar-refractivity contribution in [2.75, 3.05) is 33.2 Å². The van der Waals surface area contributed by atoms with Crippen molar-refractivity contribution in [1.29, 1.82) is 0 Å². The molecule has 0 unspecified atom stereocenters. The summed E-state index contributed by atoms with van der Waals surface area (Å²) < 4.78 is 13.0. The predicted molar refractivity (Wildman–Crippen MR) is 129 cm³/mol. The molecule has 0 radical (unpaired) electrons. The molecule has 3 N–H and O–H groups in total. The second kappa shape index (κ2) is 12.2. The molecular weight excluding hydrogens is 512 g/mol. The Balaban J connectivity index is 0.00000341. The lowest BCUT2D eigenvalue weighted by Crippen LogP contribution is -2.49. The van der Waals surface area contributed by atoms with Crippen molar-refractivity contribution in [3.8, 4) is 0 Å². The van der Waals surface area contributed by atoms with Crippen LogP contribution in [0.2, 0.25) is 0 Å². The minimum atomic E-state index is -0.238. The van der Waals surface area contributed by atoms with Gasteiger partial charge in [0.1, 0.15) is 5.82 Å². The van der Waals surface area contributed by atoms with E-state index < -0.39 is 0 Å². The normalized spacial score (nSPS) is 13.8. The molecule has 1 heterocycles. The van der Waals surface area contributed by atoms with Crippen LogP contribution in [-0.4, -0.2) is 55.9 Å². The van der Waals surface area contributed by atoms with Crippen LogP contribution >= 0.6 is 24.0 Å². The number of halogens is 2. The molecule has 2 aromatic rings. The Morgan fingerprint density at radius 1 is 1.10 bits per heavy atom. The van der Waals surface area contributed by atoms with Gasteiger partial charge in [-0.2, -0.15) is 0 Å². The van der Waals surface area contributed by atoms with Crippen molar-refractivity contribution in [3.05, 3.63) is 71.0 Å². The van der Waals surface area contributed by atoms with Crippen LogP contribution in [0.5, 0.6) is 0 Å². The van der Waals surface area contributed by atoms with Gasteiger partial charge in [0, 0.05) is 38.8 Å². The number of rotatable bonds is 6. The van der Waals surface area contributed by atoms with Crippen LogP contribution in [0.25, 0.3) is 0 Å². The Labute approximate surface area is 198 Å². The van der Waals surface area contributed by atoms with E-state index in [1.54, 1.807) is 36.2 Å². The van der Waals surface area contributed by atoms with E-state index >= 15 is 0 Å². The van der Waals surface area contributed by atoms with Crippen molar-refractivity contribution in [1.82, 2.24) is 20.9 Å². The number of benzene rings is 2. The molecule has 1 fully saturated rings. The van der Waals surface area contributed by atoms with E-state index in [0.29, 0.717) is 37.7 Å². The molecule has 2 aromatic carbocycles. The van der Waals surface area contributed by atoms with Gasteiger partial charge in [-0.25, -0.2) is 4.39 Å². The molecule has 1 aliphatic heterocycles. The molecule has 7 nitrogen and oxygen atoms in total. The Hall–Kier alpha value is -2.69. The van der Waals surface area contributed by atoms with Crippen LogP contribution in [0.3, 0.4) is 0 Å². The number of piperazine rings is 1. The number of carbonyl (C=O) groups excluding carboxylic acids is 2. The van der Waals surface area contributed by atoms with Gasteiger partial charge in [0.05, 0.1) is 6.54 Å². The van der Waals surface area contributed by atoms with Gasteiger partial charge in [0.15, 0.2) is 5.96 Å². The standard InChI is InChI=1S/C22H26FN5O2.HI/c1-24-22(26-11-10-16-4-8-19(23)9-5-16)27-14-17-2-6-18(7-3-17)21(30)28-13-12-25-20(29)15-28;/h2-9H,10-15H2,1H3,(H,25,29)(H2,24,26,27);1H. The number of hydrogen-bond acceptors (Lipinski definition) is 3. The second-order valence-corrected chi connectivity index (χ2v) is 7.00. The topological polar surface area (TPSA) is 85.8 Å². The Morgan fingerprint density at radius 2 is 1.77 bits per heavy atom. The molecule has 9 heteroatoms. The van der Waals surface area contributed by atoms with E-state index in [1.807, 2.05) is 12.1 Å². The summed E-state index contributed by atoms with van der Waals surface area (Å²) in [4.78, 5) is 29.7. The van der Waals surface area contributed by atoms with Crippen LogP contribution in [-0.2, 0) is 17.8 Å². The molecule has 2 amide bonds. The highest BCUT2D eigenvalue weighted by atomic mass is 127. The molecule has 3 rings (SSSR count). The van der Waals surface area contributed by atoms with Gasteiger partial charge in [0.25, 0.3) is 5.91 Å². The fourth-order valence-corrected chi connectivity index (χ4v) is 3.14. The van der Waals surface area contributed by atoms with E-state index in [1.165, 1.54) is 12.1 Å². The zero-order valence-corrected chi connectivity index (χ0v) is 19.7. The summed E-state index contributed by atoms with van der Waals surface area (Å²) in [6, 6.07) is 13.8. The quantitative estimate of drug-likeness (QED) is 0.298. The summed E-state index contributed by atoms with van der Waals surface area (Å²) >= 11 is 0. The van der Waals surface area contributed by atoms with Crippen molar-refractivity contribution in [3.63, 3.8) is 0 Å². The number of carbonyl (C=O) groups is 2. The zero-order chi connectivity index (χ0) is 21.3. The molecule has 31 heavy (non-hydrogen) atoms. The fraction of sp³-hybridized carbons (Fsp3) is 0.318. The summed E-state index contributed by atoms with van der Waals surface area (Å²) in [6.45, 7) is 2.33. The summed E-state index contributed by atoms with van der Waals surface area (Å²) in [5.74, 6) is 0.159. The Morgan fingerprint density at radius 3 is 2.42 bits per heavy atom. The van der Waals surface area contributed by atoms with E-state index in [-0.39, 0.29) is 48.2 Å².